The predicted octanol–water partition coefficient (Wildman–Crippen LogP) is 3.98. The van der Waals surface area contributed by atoms with Crippen LogP contribution in [0.3, 0.4) is 0 Å². The Labute approximate surface area is 207 Å². The van der Waals surface area contributed by atoms with Crippen molar-refractivity contribution in [1.29, 1.82) is 0 Å². The second kappa shape index (κ2) is 11.3. The molecule has 1 N–H and O–H groups in total. The second-order valence-electron chi connectivity index (χ2n) is 8.39. The lowest BCUT2D eigenvalue weighted by molar-refractivity contribution is -0.384. The number of benzene rings is 3. The number of nitro benzene ring substituents is 1. The number of hydrogen-bond donors (Lipinski definition) is 1. The van der Waals surface area contributed by atoms with Crippen molar-refractivity contribution >= 4 is 29.2 Å². The smallest absolute Gasteiger partial charge is 0.308 e. The zero-order chi connectivity index (χ0) is 25.5. The molecule has 0 saturated carbocycles. The van der Waals surface area contributed by atoms with E-state index in [-0.39, 0.29) is 18.0 Å². The van der Waals surface area contributed by atoms with Crippen molar-refractivity contribution in [1.82, 2.24) is 5.32 Å². The Bertz CT molecular complexity index is 1260. The van der Waals surface area contributed by atoms with Gasteiger partial charge in [-0.05, 0) is 42.2 Å². The maximum atomic E-state index is 12.8. The van der Waals surface area contributed by atoms with Gasteiger partial charge < -0.3 is 15.0 Å². The number of hydrogen-bond acceptors (Lipinski definition) is 6. The van der Waals surface area contributed by atoms with Gasteiger partial charge in [0.1, 0.15) is 0 Å². The van der Waals surface area contributed by atoms with Gasteiger partial charge in [-0.3, -0.25) is 24.5 Å². The quantitative estimate of drug-likeness (QED) is 0.292. The van der Waals surface area contributed by atoms with Crippen molar-refractivity contribution in [2.45, 2.75) is 25.3 Å². The summed E-state index contributed by atoms with van der Waals surface area (Å²) in [5.74, 6) is -1.37. The van der Waals surface area contributed by atoms with Crippen LogP contribution in [0.15, 0.2) is 78.9 Å². The Hall–Kier alpha value is -4.53. The van der Waals surface area contributed by atoms with Gasteiger partial charge in [-0.1, -0.05) is 48.5 Å². The van der Waals surface area contributed by atoms with Crippen LogP contribution < -0.4 is 10.2 Å². The molecular formula is C27H25N3O6. The number of nitrogens with zero attached hydrogens (tertiary/aromatic N) is 2. The molecule has 0 fully saturated rings. The fourth-order valence-electron chi connectivity index (χ4n) is 4.17. The number of carbonyl (C=O) groups is 3. The number of fused-ring (bicyclic) bond motifs is 1. The number of nitrogens with one attached hydrogen (secondary N) is 1. The van der Waals surface area contributed by atoms with Gasteiger partial charge in [0.15, 0.2) is 6.61 Å². The van der Waals surface area contributed by atoms with Crippen LogP contribution >= 0.6 is 0 Å². The van der Waals surface area contributed by atoms with Gasteiger partial charge in [-0.15, -0.1) is 0 Å². The normalized spacial score (nSPS) is 13.3. The van der Waals surface area contributed by atoms with E-state index in [0.717, 1.165) is 5.56 Å². The highest BCUT2D eigenvalue weighted by molar-refractivity contribution is 5.97. The minimum Gasteiger partial charge on any atom is -0.455 e. The Morgan fingerprint density at radius 1 is 1.00 bits per heavy atom. The third kappa shape index (κ3) is 5.93. The molecule has 0 bridgehead atoms. The van der Waals surface area contributed by atoms with Crippen molar-refractivity contribution in [3.63, 3.8) is 0 Å². The minimum absolute atomic E-state index is 0.0287. The molecule has 0 aliphatic carbocycles. The zero-order valence-electron chi connectivity index (χ0n) is 19.5. The van der Waals surface area contributed by atoms with Crippen LogP contribution in [0.4, 0.5) is 11.4 Å². The summed E-state index contributed by atoms with van der Waals surface area (Å²) in [5.41, 5.74) is 2.47. The predicted molar refractivity (Wildman–Crippen MR) is 132 cm³/mol. The van der Waals surface area contributed by atoms with E-state index in [0.29, 0.717) is 36.2 Å². The minimum atomic E-state index is -0.641. The molecule has 1 aliphatic rings. The highest BCUT2D eigenvalue weighted by Crippen LogP contribution is 2.30. The lowest BCUT2D eigenvalue weighted by Gasteiger charge is -2.29. The van der Waals surface area contributed by atoms with Gasteiger partial charge >= 0.3 is 5.97 Å². The van der Waals surface area contributed by atoms with E-state index in [9.17, 15) is 24.5 Å². The Morgan fingerprint density at radius 2 is 1.69 bits per heavy atom. The fraction of sp³-hybridized carbons (Fsp3) is 0.222. The van der Waals surface area contributed by atoms with E-state index in [1.165, 1.54) is 17.0 Å². The summed E-state index contributed by atoms with van der Waals surface area (Å²) in [6, 6.07) is 21.5. The average Bonchev–Trinajstić information content (AvgIpc) is 2.91. The van der Waals surface area contributed by atoms with E-state index in [4.69, 9.17) is 4.74 Å². The first-order chi connectivity index (χ1) is 17.4. The number of anilines is 1. The largest absolute Gasteiger partial charge is 0.455 e. The van der Waals surface area contributed by atoms with Gasteiger partial charge in [-0.25, -0.2) is 0 Å². The number of carbonyl (C=O) groups excluding carboxylic acids is 3. The van der Waals surface area contributed by atoms with Gasteiger partial charge in [0.25, 0.3) is 17.5 Å². The Morgan fingerprint density at radius 3 is 2.39 bits per heavy atom. The molecule has 1 aliphatic heterocycles. The van der Waals surface area contributed by atoms with E-state index < -0.39 is 29.4 Å². The number of esters is 1. The molecule has 1 unspecified atom stereocenters. The monoisotopic (exact) mass is 487 g/mol. The van der Waals surface area contributed by atoms with Crippen LogP contribution in [0.5, 0.6) is 0 Å². The number of aryl methyl sites for hydroxylation is 1. The third-order valence-electron chi connectivity index (χ3n) is 5.96. The summed E-state index contributed by atoms with van der Waals surface area (Å²) < 4.78 is 5.28. The second-order valence-corrected chi connectivity index (χ2v) is 8.39. The molecule has 4 rings (SSSR count). The van der Waals surface area contributed by atoms with Crippen molar-refractivity contribution in [2.24, 2.45) is 0 Å². The summed E-state index contributed by atoms with van der Waals surface area (Å²) in [6.45, 7) is -0.0373. The van der Waals surface area contributed by atoms with Gasteiger partial charge in [0, 0.05) is 29.9 Å². The van der Waals surface area contributed by atoms with Crippen molar-refractivity contribution in [2.75, 3.05) is 18.1 Å². The summed E-state index contributed by atoms with van der Waals surface area (Å²) in [6.07, 6.45) is 1.12. The third-order valence-corrected chi connectivity index (χ3v) is 5.96. The van der Waals surface area contributed by atoms with Gasteiger partial charge in [0.05, 0.1) is 17.4 Å². The molecule has 3 aromatic rings. The first-order valence-electron chi connectivity index (χ1n) is 11.6. The maximum absolute atomic E-state index is 12.8. The van der Waals surface area contributed by atoms with Crippen molar-refractivity contribution < 1.29 is 24.0 Å². The zero-order valence-corrected chi connectivity index (χ0v) is 19.5. The first-order valence-corrected chi connectivity index (χ1v) is 11.6. The molecule has 3 aromatic carbocycles. The standard InChI is InChI=1S/C27H25N3O6/c31-25(29-15-7-12-21-16-22(30(34)35)13-14-24(21)29)18-36-26(32)17-23(19-8-3-1-4-9-19)28-27(33)20-10-5-2-6-11-20/h1-6,8-11,13-14,16,23H,7,12,15,17-18H2,(H,28,33). The number of rotatable bonds is 8. The summed E-state index contributed by atoms with van der Waals surface area (Å²) in [4.78, 5) is 50.3. The van der Waals surface area contributed by atoms with Crippen molar-refractivity contribution in [3.05, 3.63) is 106 Å². The lowest BCUT2D eigenvalue weighted by atomic mass is 10.0. The summed E-state index contributed by atoms with van der Waals surface area (Å²) in [7, 11) is 0. The molecular weight excluding hydrogens is 462 g/mol. The lowest BCUT2D eigenvalue weighted by Crippen LogP contribution is -2.38. The number of ether oxygens (including phenoxy) is 1. The van der Waals surface area contributed by atoms with Gasteiger partial charge in [0.2, 0.25) is 0 Å². The molecule has 0 radical (unpaired) electrons. The molecule has 1 atom stereocenters. The maximum Gasteiger partial charge on any atom is 0.308 e. The molecule has 2 amide bonds. The average molecular weight is 488 g/mol. The Kier molecular flexibility index (Phi) is 7.69. The van der Waals surface area contributed by atoms with Crippen LogP contribution in [0.25, 0.3) is 0 Å². The number of non-ortho nitro benzene ring substituents is 1. The SMILES string of the molecule is O=C(CC(NC(=O)c1ccccc1)c1ccccc1)OCC(=O)N1CCCc2cc([N+](=O)[O-])ccc21. The van der Waals surface area contributed by atoms with Crippen LogP contribution in [-0.4, -0.2) is 35.9 Å². The topological polar surface area (TPSA) is 119 Å². The van der Waals surface area contributed by atoms with E-state index in [1.807, 2.05) is 24.3 Å². The first kappa shape index (κ1) is 24.6. The van der Waals surface area contributed by atoms with Crippen LogP contribution in [0.2, 0.25) is 0 Å². The molecule has 1 heterocycles. The van der Waals surface area contributed by atoms with Crippen molar-refractivity contribution in [3.8, 4) is 0 Å². The fourth-order valence-corrected chi connectivity index (χ4v) is 4.17. The van der Waals surface area contributed by atoms with Gasteiger partial charge in [-0.2, -0.15) is 0 Å². The molecule has 36 heavy (non-hydrogen) atoms. The van der Waals surface area contributed by atoms with Crippen LogP contribution in [0.1, 0.15) is 40.4 Å². The molecule has 0 spiro atoms. The Balaban J connectivity index is 1.40. The highest BCUT2D eigenvalue weighted by atomic mass is 16.6. The molecule has 184 valence electrons. The summed E-state index contributed by atoms with van der Waals surface area (Å²) in [5, 5.41) is 13.9. The van der Waals surface area contributed by atoms with E-state index >= 15 is 0 Å². The van der Waals surface area contributed by atoms with Crippen LogP contribution in [-0.2, 0) is 20.7 Å². The number of amides is 2. The molecule has 0 saturated heterocycles. The molecule has 9 nitrogen and oxygen atoms in total. The van der Waals surface area contributed by atoms with E-state index in [1.54, 1.807) is 42.5 Å². The molecule has 0 aromatic heterocycles. The summed E-state index contributed by atoms with van der Waals surface area (Å²) >= 11 is 0. The molecule has 9 heteroatoms. The van der Waals surface area contributed by atoms with Crippen LogP contribution in [0, 0.1) is 10.1 Å². The number of nitro groups is 1. The van der Waals surface area contributed by atoms with E-state index in [2.05, 4.69) is 5.32 Å². The highest BCUT2D eigenvalue weighted by Gasteiger charge is 2.26.